The molecule has 1 saturated heterocycles. The second kappa shape index (κ2) is 7.84. The molecule has 0 bridgehead atoms. The van der Waals surface area contributed by atoms with Gasteiger partial charge in [0.25, 0.3) is 0 Å². The van der Waals surface area contributed by atoms with Gasteiger partial charge in [-0.15, -0.1) is 12.4 Å². The molecule has 3 rings (SSSR count). The van der Waals surface area contributed by atoms with Crippen LogP contribution >= 0.6 is 12.4 Å². The maximum atomic E-state index is 12.8. The number of piperidine rings is 1. The van der Waals surface area contributed by atoms with Crippen molar-refractivity contribution in [3.05, 3.63) is 29.8 Å². The zero-order chi connectivity index (χ0) is 14.7. The highest BCUT2D eigenvalue weighted by Crippen LogP contribution is 2.32. The maximum Gasteiger partial charge on any atom is 0.227 e. The highest BCUT2D eigenvalue weighted by atomic mass is 35.5. The third-order valence-corrected chi connectivity index (χ3v) is 4.45. The Bertz CT molecular complexity index is 499. The molecule has 1 aromatic rings. The number of methoxy groups -OCH3 is 1. The minimum Gasteiger partial charge on any atom is -0.496 e. The number of nitrogens with one attached hydrogen (secondary N) is 1. The van der Waals surface area contributed by atoms with Gasteiger partial charge in [-0.25, -0.2) is 0 Å². The summed E-state index contributed by atoms with van der Waals surface area (Å²) in [7, 11) is 1.69. The predicted molar refractivity (Wildman–Crippen MR) is 89.4 cm³/mol. The van der Waals surface area contributed by atoms with Crippen LogP contribution in [0, 0.1) is 5.92 Å². The Morgan fingerprint density at radius 3 is 2.73 bits per heavy atom. The summed E-state index contributed by atoms with van der Waals surface area (Å²) in [6.07, 6.45) is 4.40. The Morgan fingerprint density at radius 2 is 2.09 bits per heavy atom. The van der Waals surface area contributed by atoms with Gasteiger partial charge in [-0.1, -0.05) is 18.2 Å². The first-order valence-electron chi connectivity index (χ1n) is 7.92. The van der Waals surface area contributed by atoms with Gasteiger partial charge in [0, 0.05) is 24.7 Å². The third kappa shape index (κ3) is 3.93. The number of nitrogens with zero attached hydrogens (tertiary/aromatic N) is 1. The van der Waals surface area contributed by atoms with E-state index < -0.39 is 0 Å². The van der Waals surface area contributed by atoms with E-state index in [1.165, 1.54) is 0 Å². The van der Waals surface area contributed by atoms with Gasteiger partial charge in [0.2, 0.25) is 5.91 Å². The molecule has 1 aliphatic carbocycles. The van der Waals surface area contributed by atoms with Crippen LogP contribution in [0.3, 0.4) is 0 Å². The number of rotatable bonds is 5. The number of carbonyl (C=O) groups excluding carboxylic acids is 1. The number of amides is 1. The summed E-state index contributed by atoms with van der Waals surface area (Å²) in [6, 6.07) is 8.43. The summed E-state index contributed by atoms with van der Waals surface area (Å²) in [6.45, 7) is 2.54. The largest absolute Gasteiger partial charge is 0.496 e. The number of ether oxygens (including phenoxy) is 1. The standard InChI is InChI=1S/C17H24N2O2.ClH/c1-21-16-7-3-2-5-14(16)12-19(15-8-9-15)17(20)13-6-4-10-18-11-13;/h2-3,5,7,13,15,18H,4,6,8-12H2,1H3;1H/t13-;/m1./s1. The molecule has 4 nitrogen and oxygen atoms in total. The highest BCUT2D eigenvalue weighted by molar-refractivity contribution is 5.85. The second-order valence-electron chi connectivity index (χ2n) is 6.05. The van der Waals surface area contributed by atoms with E-state index in [9.17, 15) is 4.79 Å². The first-order chi connectivity index (χ1) is 10.3. The minimum atomic E-state index is 0. The molecule has 1 saturated carbocycles. The van der Waals surface area contributed by atoms with Gasteiger partial charge < -0.3 is 15.0 Å². The van der Waals surface area contributed by atoms with E-state index in [1.807, 2.05) is 18.2 Å². The Hall–Kier alpha value is -1.26. The molecule has 0 unspecified atom stereocenters. The monoisotopic (exact) mass is 324 g/mol. The molecule has 5 heteroatoms. The number of hydrogen-bond acceptors (Lipinski definition) is 3. The Balaban J connectivity index is 0.00000176. The summed E-state index contributed by atoms with van der Waals surface area (Å²) in [5, 5.41) is 3.34. The average molecular weight is 325 g/mol. The van der Waals surface area contributed by atoms with E-state index in [1.54, 1.807) is 7.11 Å². The van der Waals surface area contributed by atoms with Gasteiger partial charge in [-0.3, -0.25) is 4.79 Å². The molecular weight excluding hydrogens is 300 g/mol. The minimum absolute atomic E-state index is 0. The fraction of sp³-hybridized carbons (Fsp3) is 0.588. The molecule has 1 heterocycles. The number of halogens is 1. The van der Waals surface area contributed by atoms with E-state index in [0.717, 1.165) is 50.1 Å². The first kappa shape index (κ1) is 17.1. The SMILES string of the molecule is COc1ccccc1CN(C(=O)[C@@H]1CCCNC1)C1CC1.Cl. The van der Waals surface area contributed by atoms with E-state index in [-0.39, 0.29) is 18.3 Å². The summed E-state index contributed by atoms with van der Waals surface area (Å²) >= 11 is 0. The van der Waals surface area contributed by atoms with Crippen molar-refractivity contribution in [1.29, 1.82) is 0 Å². The lowest BCUT2D eigenvalue weighted by molar-refractivity contribution is -0.137. The number of carbonyl (C=O) groups is 1. The molecule has 122 valence electrons. The lowest BCUT2D eigenvalue weighted by atomic mass is 9.97. The molecule has 1 aromatic carbocycles. The first-order valence-corrected chi connectivity index (χ1v) is 7.92. The van der Waals surface area contributed by atoms with Crippen LogP contribution in [0.15, 0.2) is 24.3 Å². The summed E-state index contributed by atoms with van der Waals surface area (Å²) < 4.78 is 5.42. The molecule has 2 aliphatic rings. The van der Waals surface area contributed by atoms with Crippen molar-refractivity contribution in [2.24, 2.45) is 5.92 Å². The fourth-order valence-corrected chi connectivity index (χ4v) is 3.09. The predicted octanol–water partition coefficient (Wildman–Crippen LogP) is 2.61. The molecule has 22 heavy (non-hydrogen) atoms. The van der Waals surface area contributed by atoms with E-state index >= 15 is 0 Å². The molecule has 0 aromatic heterocycles. The van der Waals surface area contributed by atoms with Crippen LogP contribution in [0.5, 0.6) is 5.75 Å². The van der Waals surface area contributed by atoms with Crippen LogP contribution in [0.4, 0.5) is 0 Å². The van der Waals surface area contributed by atoms with Crippen LogP contribution < -0.4 is 10.1 Å². The van der Waals surface area contributed by atoms with Crippen molar-refractivity contribution in [2.45, 2.75) is 38.3 Å². The second-order valence-corrected chi connectivity index (χ2v) is 6.05. The number of benzene rings is 1. The van der Waals surface area contributed by atoms with Gasteiger partial charge in [-0.05, 0) is 38.3 Å². The lowest BCUT2D eigenvalue weighted by Crippen LogP contribution is -2.43. The Labute approximate surface area is 138 Å². The fourth-order valence-electron chi connectivity index (χ4n) is 3.09. The van der Waals surface area contributed by atoms with Gasteiger partial charge in [0.1, 0.15) is 5.75 Å². The zero-order valence-corrected chi connectivity index (χ0v) is 13.9. The van der Waals surface area contributed by atoms with E-state index in [2.05, 4.69) is 16.3 Å². The highest BCUT2D eigenvalue weighted by Gasteiger charge is 2.36. The molecule has 1 N–H and O–H groups in total. The van der Waals surface area contributed by atoms with Crippen molar-refractivity contribution < 1.29 is 9.53 Å². The molecule has 1 amide bonds. The maximum absolute atomic E-state index is 12.8. The number of para-hydroxylation sites is 1. The van der Waals surface area contributed by atoms with Crippen LogP contribution in [-0.2, 0) is 11.3 Å². The lowest BCUT2D eigenvalue weighted by Gasteiger charge is -2.30. The molecule has 0 spiro atoms. The molecular formula is C17H25ClN2O2. The van der Waals surface area contributed by atoms with Crippen molar-refractivity contribution in [3.63, 3.8) is 0 Å². The van der Waals surface area contributed by atoms with Gasteiger partial charge in [0.05, 0.1) is 13.0 Å². The summed E-state index contributed by atoms with van der Waals surface area (Å²) in [5.74, 6) is 1.34. The van der Waals surface area contributed by atoms with Gasteiger partial charge in [0.15, 0.2) is 0 Å². The Morgan fingerprint density at radius 1 is 1.32 bits per heavy atom. The quantitative estimate of drug-likeness (QED) is 0.905. The summed E-state index contributed by atoms with van der Waals surface area (Å²) in [5.41, 5.74) is 1.10. The van der Waals surface area contributed by atoms with Crippen LogP contribution in [0.1, 0.15) is 31.2 Å². The van der Waals surface area contributed by atoms with Crippen molar-refractivity contribution in [3.8, 4) is 5.75 Å². The molecule has 0 radical (unpaired) electrons. The molecule has 2 fully saturated rings. The van der Waals surface area contributed by atoms with Gasteiger partial charge >= 0.3 is 0 Å². The average Bonchev–Trinajstić information content (AvgIpc) is 3.38. The molecule has 1 atom stereocenters. The van der Waals surface area contributed by atoms with Crippen LogP contribution in [0.25, 0.3) is 0 Å². The van der Waals surface area contributed by atoms with Gasteiger partial charge in [-0.2, -0.15) is 0 Å². The van der Waals surface area contributed by atoms with E-state index in [4.69, 9.17) is 4.74 Å². The van der Waals surface area contributed by atoms with Crippen molar-refractivity contribution >= 4 is 18.3 Å². The van der Waals surface area contributed by atoms with Crippen LogP contribution in [0.2, 0.25) is 0 Å². The number of hydrogen-bond donors (Lipinski definition) is 1. The Kier molecular flexibility index (Phi) is 6.09. The van der Waals surface area contributed by atoms with Crippen LogP contribution in [-0.4, -0.2) is 37.0 Å². The van der Waals surface area contributed by atoms with E-state index in [0.29, 0.717) is 18.5 Å². The zero-order valence-electron chi connectivity index (χ0n) is 13.1. The smallest absolute Gasteiger partial charge is 0.227 e. The summed E-state index contributed by atoms with van der Waals surface area (Å²) in [4.78, 5) is 14.9. The molecule has 1 aliphatic heterocycles. The van der Waals surface area contributed by atoms with Crippen molar-refractivity contribution in [2.75, 3.05) is 20.2 Å². The normalized spacial score (nSPS) is 20.9. The third-order valence-electron chi connectivity index (χ3n) is 4.45. The van der Waals surface area contributed by atoms with Crippen molar-refractivity contribution in [1.82, 2.24) is 10.2 Å². The topological polar surface area (TPSA) is 41.6 Å².